The number of hydrogen-bond donors (Lipinski definition) is 1. The summed E-state index contributed by atoms with van der Waals surface area (Å²) in [4.78, 5) is 29.2. The molecule has 0 fully saturated rings. The molecule has 1 amide bonds. The zero-order chi connectivity index (χ0) is 27.4. The Balaban J connectivity index is 1.56. The number of fused-ring (bicyclic) bond motifs is 1. The first-order valence-electron chi connectivity index (χ1n) is 13.4. The van der Waals surface area contributed by atoms with Crippen LogP contribution in [0.25, 0.3) is 0 Å². The van der Waals surface area contributed by atoms with Gasteiger partial charge in [0.2, 0.25) is 0 Å². The SMILES string of the molecule is CCN(CC)C(=O)c1ccc(C2c3cc(Oc4cccnc4)c(OC)cc3CCN2Cc2nc[nH]c2C)cc1. The van der Waals surface area contributed by atoms with Gasteiger partial charge in [-0.05, 0) is 80.3 Å². The van der Waals surface area contributed by atoms with Gasteiger partial charge in [0.25, 0.3) is 5.91 Å². The topological polar surface area (TPSA) is 83.6 Å². The predicted molar refractivity (Wildman–Crippen MR) is 150 cm³/mol. The zero-order valence-electron chi connectivity index (χ0n) is 23.0. The Labute approximate surface area is 229 Å². The van der Waals surface area contributed by atoms with Crippen LogP contribution in [0.3, 0.4) is 0 Å². The maximum atomic E-state index is 13.0. The highest BCUT2D eigenvalue weighted by Crippen LogP contribution is 2.43. The molecule has 39 heavy (non-hydrogen) atoms. The van der Waals surface area contributed by atoms with Crippen LogP contribution in [0.15, 0.2) is 67.3 Å². The minimum atomic E-state index is -0.0513. The molecule has 2 aromatic carbocycles. The third kappa shape index (κ3) is 5.52. The largest absolute Gasteiger partial charge is 0.493 e. The van der Waals surface area contributed by atoms with Crippen molar-refractivity contribution in [1.29, 1.82) is 0 Å². The van der Waals surface area contributed by atoms with E-state index >= 15 is 0 Å². The van der Waals surface area contributed by atoms with E-state index in [9.17, 15) is 4.79 Å². The second-order valence-electron chi connectivity index (χ2n) is 9.69. The Morgan fingerprint density at radius 3 is 2.56 bits per heavy atom. The van der Waals surface area contributed by atoms with E-state index in [1.807, 2.05) is 49.9 Å². The summed E-state index contributed by atoms with van der Waals surface area (Å²) in [5.74, 6) is 2.02. The minimum Gasteiger partial charge on any atom is -0.493 e. The van der Waals surface area contributed by atoms with Crippen LogP contribution in [-0.4, -0.2) is 57.4 Å². The molecule has 8 heteroatoms. The fourth-order valence-electron chi connectivity index (χ4n) is 5.25. The Morgan fingerprint density at radius 2 is 1.92 bits per heavy atom. The second kappa shape index (κ2) is 11.7. The quantitative estimate of drug-likeness (QED) is 0.309. The van der Waals surface area contributed by atoms with Gasteiger partial charge >= 0.3 is 0 Å². The number of carbonyl (C=O) groups excluding carboxylic acids is 1. The van der Waals surface area contributed by atoms with E-state index in [2.05, 4.69) is 44.1 Å². The molecular weight excluding hydrogens is 490 g/mol. The van der Waals surface area contributed by atoms with E-state index in [0.29, 0.717) is 42.4 Å². The first-order chi connectivity index (χ1) is 19.0. The van der Waals surface area contributed by atoms with Gasteiger partial charge in [-0.3, -0.25) is 14.7 Å². The molecule has 0 aliphatic carbocycles. The van der Waals surface area contributed by atoms with Gasteiger partial charge < -0.3 is 19.4 Å². The highest BCUT2D eigenvalue weighted by Gasteiger charge is 2.31. The first kappa shape index (κ1) is 26.4. The standard InChI is InChI=1S/C31H35N5O3/c1-5-35(6-2)31(37)23-11-9-22(10-12-23)30-26-17-29(39-25-8-7-14-32-18-25)28(38-4)16-24(26)13-15-36(30)19-27-21(3)33-20-34-27/h7-12,14,16-18,20,30H,5-6,13,15,19H2,1-4H3,(H,33,34). The molecule has 0 bridgehead atoms. The lowest BCUT2D eigenvalue weighted by Gasteiger charge is -2.38. The Hall–Kier alpha value is -4.17. The molecule has 4 aromatic rings. The van der Waals surface area contributed by atoms with Gasteiger partial charge in [-0.1, -0.05) is 12.1 Å². The number of nitrogens with one attached hydrogen (secondary N) is 1. The summed E-state index contributed by atoms with van der Waals surface area (Å²) in [7, 11) is 1.66. The zero-order valence-corrected chi connectivity index (χ0v) is 23.0. The lowest BCUT2D eigenvalue weighted by atomic mass is 9.87. The number of imidazole rings is 1. The van der Waals surface area contributed by atoms with E-state index in [-0.39, 0.29) is 11.9 Å². The highest BCUT2D eigenvalue weighted by atomic mass is 16.5. The fourth-order valence-corrected chi connectivity index (χ4v) is 5.25. The van der Waals surface area contributed by atoms with Gasteiger partial charge in [-0.25, -0.2) is 4.98 Å². The molecule has 5 rings (SSSR count). The number of rotatable bonds is 9. The van der Waals surface area contributed by atoms with Gasteiger partial charge in [0.1, 0.15) is 5.75 Å². The van der Waals surface area contributed by atoms with Gasteiger partial charge in [-0.2, -0.15) is 0 Å². The summed E-state index contributed by atoms with van der Waals surface area (Å²) in [6, 6.07) is 15.9. The van der Waals surface area contributed by atoms with E-state index in [1.54, 1.807) is 25.8 Å². The van der Waals surface area contributed by atoms with Crippen LogP contribution < -0.4 is 9.47 Å². The third-order valence-electron chi connectivity index (χ3n) is 7.43. The van der Waals surface area contributed by atoms with Crippen molar-refractivity contribution in [2.24, 2.45) is 0 Å². The maximum absolute atomic E-state index is 13.0. The summed E-state index contributed by atoms with van der Waals surface area (Å²) in [5, 5.41) is 0. The second-order valence-corrected chi connectivity index (χ2v) is 9.69. The van der Waals surface area contributed by atoms with Crippen LogP contribution in [0.5, 0.6) is 17.2 Å². The van der Waals surface area contributed by atoms with E-state index in [4.69, 9.17) is 9.47 Å². The number of benzene rings is 2. The number of aromatic amines is 1. The molecule has 1 aliphatic rings. The Morgan fingerprint density at radius 1 is 1.13 bits per heavy atom. The fraction of sp³-hybridized carbons (Fsp3) is 0.323. The number of ether oxygens (including phenoxy) is 2. The van der Waals surface area contributed by atoms with Crippen LogP contribution in [-0.2, 0) is 13.0 Å². The summed E-state index contributed by atoms with van der Waals surface area (Å²) < 4.78 is 12.0. The molecule has 1 N–H and O–H groups in total. The highest BCUT2D eigenvalue weighted by molar-refractivity contribution is 5.94. The van der Waals surface area contributed by atoms with Crippen LogP contribution in [0.1, 0.15) is 58.3 Å². The average molecular weight is 526 g/mol. The molecule has 8 nitrogen and oxygen atoms in total. The lowest BCUT2D eigenvalue weighted by Crippen LogP contribution is -2.36. The molecule has 0 spiro atoms. The monoisotopic (exact) mass is 525 g/mol. The maximum Gasteiger partial charge on any atom is 0.253 e. The number of amides is 1. The smallest absolute Gasteiger partial charge is 0.253 e. The summed E-state index contributed by atoms with van der Waals surface area (Å²) in [5.41, 5.74) is 6.26. The van der Waals surface area contributed by atoms with Crippen molar-refractivity contribution in [2.45, 2.75) is 39.8 Å². The van der Waals surface area contributed by atoms with Crippen molar-refractivity contribution in [3.05, 3.63) is 101 Å². The van der Waals surface area contributed by atoms with E-state index in [1.165, 1.54) is 5.56 Å². The summed E-state index contributed by atoms with van der Waals surface area (Å²) in [6.45, 7) is 8.98. The number of nitrogens with zero attached hydrogens (tertiary/aromatic N) is 4. The summed E-state index contributed by atoms with van der Waals surface area (Å²) in [6.07, 6.45) is 6.03. The normalized spacial score (nSPS) is 15.0. The van der Waals surface area contributed by atoms with Crippen LogP contribution in [0.2, 0.25) is 0 Å². The molecule has 3 heterocycles. The third-order valence-corrected chi connectivity index (χ3v) is 7.43. The Bertz CT molecular complexity index is 1410. The average Bonchev–Trinajstić information content (AvgIpc) is 3.37. The molecule has 0 radical (unpaired) electrons. The number of hydrogen-bond acceptors (Lipinski definition) is 6. The molecule has 1 aliphatic heterocycles. The van der Waals surface area contributed by atoms with Gasteiger partial charge in [-0.15, -0.1) is 0 Å². The number of aryl methyl sites for hydroxylation is 1. The molecule has 202 valence electrons. The lowest BCUT2D eigenvalue weighted by molar-refractivity contribution is 0.0773. The number of H-pyrrole nitrogens is 1. The van der Waals surface area contributed by atoms with E-state index < -0.39 is 0 Å². The number of aromatic nitrogens is 3. The van der Waals surface area contributed by atoms with Gasteiger partial charge in [0.05, 0.1) is 31.4 Å². The molecule has 2 aromatic heterocycles. The van der Waals surface area contributed by atoms with Crippen LogP contribution >= 0.6 is 0 Å². The van der Waals surface area contributed by atoms with E-state index in [0.717, 1.165) is 35.5 Å². The number of methoxy groups -OCH3 is 1. The van der Waals surface area contributed by atoms with Gasteiger partial charge in [0, 0.05) is 43.6 Å². The van der Waals surface area contributed by atoms with Crippen LogP contribution in [0.4, 0.5) is 0 Å². The van der Waals surface area contributed by atoms with Gasteiger partial charge in [0.15, 0.2) is 11.5 Å². The van der Waals surface area contributed by atoms with Crippen molar-refractivity contribution in [1.82, 2.24) is 24.8 Å². The Kier molecular flexibility index (Phi) is 7.93. The minimum absolute atomic E-state index is 0.0513. The van der Waals surface area contributed by atoms with Crippen molar-refractivity contribution >= 4 is 5.91 Å². The predicted octanol–water partition coefficient (Wildman–Crippen LogP) is 5.54. The van der Waals surface area contributed by atoms with Crippen molar-refractivity contribution in [3.63, 3.8) is 0 Å². The van der Waals surface area contributed by atoms with Crippen molar-refractivity contribution < 1.29 is 14.3 Å². The molecule has 0 saturated heterocycles. The molecule has 0 saturated carbocycles. The van der Waals surface area contributed by atoms with Crippen molar-refractivity contribution in [3.8, 4) is 17.2 Å². The summed E-state index contributed by atoms with van der Waals surface area (Å²) >= 11 is 0. The number of carbonyl (C=O) groups is 1. The molecule has 1 unspecified atom stereocenters. The van der Waals surface area contributed by atoms with Crippen LogP contribution in [0, 0.1) is 6.92 Å². The molecule has 1 atom stereocenters. The van der Waals surface area contributed by atoms with Crippen molar-refractivity contribution in [2.75, 3.05) is 26.7 Å². The first-order valence-corrected chi connectivity index (χ1v) is 13.4. The number of pyridine rings is 1. The molecular formula is C31H35N5O3.